The number of rotatable bonds is 7. The molecule has 0 aliphatic heterocycles. The van der Waals surface area contributed by atoms with Crippen LogP contribution in [-0.4, -0.2) is 39.9 Å². The third-order valence-corrected chi connectivity index (χ3v) is 3.58. The van der Waals surface area contributed by atoms with Crippen molar-refractivity contribution in [2.24, 2.45) is 0 Å². The highest BCUT2D eigenvalue weighted by Crippen LogP contribution is 2.22. The van der Waals surface area contributed by atoms with Crippen molar-refractivity contribution in [1.82, 2.24) is 0 Å². The van der Waals surface area contributed by atoms with Crippen LogP contribution >= 0.6 is 0 Å². The molecule has 0 fully saturated rings. The van der Waals surface area contributed by atoms with E-state index in [1.807, 2.05) is 34.6 Å². The molecule has 0 N–H and O–H groups in total. The van der Waals surface area contributed by atoms with Crippen LogP contribution in [-0.2, 0) is 19.0 Å². The van der Waals surface area contributed by atoms with Gasteiger partial charge in [0.25, 0.3) is 0 Å². The van der Waals surface area contributed by atoms with Gasteiger partial charge in [0.15, 0.2) is 0 Å². The SMILES string of the molecule is C=C(C)C(=O)OC([SiH3])(OC(C)C)C(C)OC(C)C. The molecule has 0 radical (unpaired) electrons. The number of carbonyl (C=O) groups is 1. The summed E-state index contributed by atoms with van der Waals surface area (Å²) in [5, 5.41) is 0. The number of carbonyl (C=O) groups excluding carboxylic acids is 1. The van der Waals surface area contributed by atoms with Gasteiger partial charge in [0.05, 0.1) is 22.5 Å². The molecule has 0 amide bonds. The Morgan fingerprint density at radius 2 is 1.67 bits per heavy atom. The van der Waals surface area contributed by atoms with E-state index in [9.17, 15) is 4.79 Å². The van der Waals surface area contributed by atoms with Crippen LogP contribution < -0.4 is 0 Å². The van der Waals surface area contributed by atoms with Gasteiger partial charge in [-0.25, -0.2) is 4.79 Å². The largest absolute Gasteiger partial charge is 0.432 e. The molecule has 0 aromatic carbocycles. The lowest BCUT2D eigenvalue weighted by molar-refractivity contribution is -0.245. The first-order valence-electron chi connectivity index (χ1n) is 6.30. The van der Waals surface area contributed by atoms with E-state index in [0.717, 1.165) is 0 Å². The normalized spacial score (nSPS) is 16.7. The molecule has 0 aliphatic rings. The minimum atomic E-state index is -0.978. The van der Waals surface area contributed by atoms with Gasteiger partial charge in [-0.05, 0) is 41.5 Å². The Kier molecular flexibility index (Phi) is 6.81. The predicted molar refractivity (Wildman–Crippen MR) is 75.5 cm³/mol. The van der Waals surface area contributed by atoms with Gasteiger partial charge in [-0.3, -0.25) is 0 Å². The van der Waals surface area contributed by atoms with Gasteiger partial charge < -0.3 is 14.2 Å². The Labute approximate surface area is 113 Å². The molecule has 0 saturated carbocycles. The van der Waals surface area contributed by atoms with E-state index in [1.165, 1.54) is 0 Å². The molecular weight excluding hydrogens is 248 g/mol. The van der Waals surface area contributed by atoms with Crippen molar-refractivity contribution >= 4 is 16.2 Å². The summed E-state index contributed by atoms with van der Waals surface area (Å²) in [7, 11) is 0.518. The summed E-state index contributed by atoms with van der Waals surface area (Å²) in [5.74, 6) is -0.440. The van der Waals surface area contributed by atoms with E-state index < -0.39 is 11.4 Å². The lowest BCUT2D eigenvalue weighted by atomic mass is 10.3. The highest BCUT2D eigenvalue weighted by molar-refractivity contribution is 6.15. The summed E-state index contributed by atoms with van der Waals surface area (Å²) < 4.78 is 16.9. The predicted octanol–water partition coefficient (Wildman–Crippen LogP) is 1.36. The van der Waals surface area contributed by atoms with Gasteiger partial charge in [0, 0.05) is 5.57 Å². The van der Waals surface area contributed by atoms with Crippen LogP contribution in [0.15, 0.2) is 12.2 Å². The van der Waals surface area contributed by atoms with Gasteiger partial charge in [0.1, 0.15) is 6.10 Å². The quantitative estimate of drug-likeness (QED) is 0.304. The second kappa shape index (κ2) is 7.06. The standard InChI is InChI=1S/C13H26O4Si/c1-8(2)12(14)17-13(18,16-10(5)6)11(7)15-9(3)4/h9-11H,1H2,2-7,18H3. The molecule has 106 valence electrons. The fourth-order valence-electron chi connectivity index (χ4n) is 1.47. The van der Waals surface area contributed by atoms with Gasteiger partial charge in [0.2, 0.25) is 5.41 Å². The zero-order valence-corrected chi connectivity index (χ0v) is 14.6. The Morgan fingerprint density at radius 3 is 2.00 bits per heavy atom. The smallest absolute Gasteiger partial charge is 0.335 e. The van der Waals surface area contributed by atoms with Crippen LogP contribution in [0.25, 0.3) is 0 Å². The maximum absolute atomic E-state index is 11.7. The Balaban J connectivity index is 4.92. The Bertz CT molecular complexity index is 301. The maximum atomic E-state index is 11.7. The molecule has 2 atom stereocenters. The van der Waals surface area contributed by atoms with Crippen LogP contribution in [0.5, 0.6) is 0 Å². The topological polar surface area (TPSA) is 44.8 Å². The van der Waals surface area contributed by atoms with E-state index >= 15 is 0 Å². The maximum Gasteiger partial charge on any atom is 0.335 e. The number of ether oxygens (including phenoxy) is 3. The monoisotopic (exact) mass is 274 g/mol. The second-order valence-electron chi connectivity index (χ2n) is 5.18. The first-order chi connectivity index (χ1) is 8.08. The average Bonchev–Trinajstić information content (AvgIpc) is 2.14. The fraction of sp³-hybridized carbons (Fsp3) is 0.769. The van der Waals surface area contributed by atoms with Crippen molar-refractivity contribution in [2.45, 2.75) is 65.3 Å². The summed E-state index contributed by atoms with van der Waals surface area (Å²) >= 11 is 0. The molecule has 2 unspecified atom stereocenters. The van der Waals surface area contributed by atoms with Crippen molar-refractivity contribution in [3.8, 4) is 0 Å². The molecule has 0 spiro atoms. The molecule has 0 aromatic heterocycles. The summed E-state index contributed by atoms with van der Waals surface area (Å²) in [5.41, 5.74) is -0.617. The van der Waals surface area contributed by atoms with Gasteiger partial charge in [-0.15, -0.1) is 0 Å². The fourth-order valence-corrected chi connectivity index (χ4v) is 2.27. The molecular formula is C13H26O4Si. The third kappa shape index (κ3) is 5.80. The lowest BCUT2D eigenvalue weighted by Gasteiger charge is -2.37. The first kappa shape index (κ1) is 17.3. The summed E-state index contributed by atoms with van der Waals surface area (Å²) in [4.78, 5) is 11.7. The molecule has 4 nitrogen and oxygen atoms in total. The van der Waals surface area contributed by atoms with Gasteiger partial charge in [-0.2, -0.15) is 0 Å². The van der Waals surface area contributed by atoms with E-state index in [2.05, 4.69) is 6.58 Å². The van der Waals surface area contributed by atoms with Crippen LogP contribution in [0.3, 0.4) is 0 Å². The minimum absolute atomic E-state index is 0.0429. The molecule has 0 heterocycles. The van der Waals surface area contributed by atoms with Crippen molar-refractivity contribution in [1.29, 1.82) is 0 Å². The highest BCUT2D eigenvalue weighted by Gasteiger charge is 2.38. The van der Waals surface area contributed by atoms with E-state index in [-0.39, 0.29) is 18.3 Å². The van der Waals surface area contributed by atoms with Crippen molar-refractivity contribution in [3.05, 3.63) is 12.2 Å². The first-order valence-corrected chi connectivity index (χ1v) is 7.30. The molecule has 0 aromatic rings. The zero-order valence-electron chi connectivity index (χ0n) is 12.6. The zero-order chi connectivity index (χ0) is 14.5. The minimum Gasteiger partial charge on any atom is -0.432 e. The van der Waals surface area contributed by atoms with Crippen LogP contribution in [0, 0.1) is 0 Å². The molecule has 0 saturated heterocycles. The molecule has 18 heavy (non-hydrogen) atoms. The van der Waals surface area contributed by atoms with Gasteiger partial charge in [-0.1, -0.05) is 6.58 Å². The summed E-state index contributed by atoms with van der Waals surface area (Å²) in [6.07, 6.45) is -0.305. The van der Waals surface area contributed by atoms with Crippen molar-refractivity contribution in [2.75, 3.05) is 0 Å². The number of hydrogen-bond acceptors (Lipinski definition) is 4. The van der Waals surface area contributed by atoms with Crippen LogP contribution in [0.4, 0.5) is 0 Å². The third-order valence-electron chi connectivity index (χ3n) is 2.33. The van der Waals surface area contributed by atoms with E-state index in [0.29, 0.717) is 15.8 Å². The average molecular weight is 274 g/mol. The van der Waals surface area contributed by atoms with Crippen molar-refractivity contribution < 1.29 is 19.0 Å². The van der Waals surface area contributed by atoms with Gasteiger partial charge >= 0.3 is 5.97 Å². The number of esters is 1. The summed E-state index contributed by atoms with van der Waals surface area (Å²) in [6, 6.07) is 0. The van der Waals surface area contributed by atoms with Crippen molar-refractivity contribution in [3.63, 3.8) is 0 Å². The highest BCUT2D eigenvalue weighted by atomic mass is 28.1. The molecule has 0 rings (SSSR count). The number of hydrogen-bond donors (Lipinski definition) is 0. The van der Waals surface area contributed by atoms with E-state index in [4.69, 9.17) is 14.2 Å². The van der Waals surface area contributed by atoms with Crippen LogP contribution in [0.2, 0.25) is 0 Å². The Hall–Kier alpha value is -0.653. The lowest BCUT2D eigenvalue weighted by Crippen LogP contribution is -2.51. The molecule has 0 bridgehead atoms. The van der Waals surface area contributed by atoms with Crippen LogP contribution in [0.1, 0.15) is 41.5 Å². The second-order valence-corrected chi connectivity index (χ2v) is 6.57. The van der Waals surface area contributed by atoms with E-state index in [1.54, 1.807) is 6.92 Å². The summed E-state index contributed by atoms with van der Waals surface area (Å²) in [6.45, 7) is 14.8. The Morgan fingerprint density at radius 1 is 1.17 bits per heavy atom. The molecule has 5 heteroatoms. The molecule has 0 aliphatic carbocycles.